The maximum absolute atomic E-state index is 12.3. The zero-order valence-corrected chi connectivity index (χ0v) is 16.8. The Morgan fingerprint density at radius 3 is 2.93 bits per heavy atom. The Labute approximate surface area is 172 Å². The van der Waals surface area contributed by atoms with Gasteiger partial charge >= 0.3 is 0 Å². The number of ether oxygens (including phenoxy) is 1. The standard InChI is InChI=1S/C20H19ClN4O2S/c1-2-16-18(28-20(22)24-16)19(26)25-23-11-14-7-3-4-9-17(14)27-12-13-6-5-8-15(21)10-13/h3-11H,2,12H2,1H3,(H2,22,24)(H,25,26). The normalized spacial score (nSPS) is 10.9. The van der Waals surface area contributed by atoms with Crippen LogP contribution in [0.15, 0.2) is 53.6 Å². The molecule has 1 aromatic heterocycles. The molecule has 0 bridgehead atoms. The van der Waals surface area contributed by atoms with Crippen molar-refractivity contribution >= 4 is 40.2 Å². The number of carbonyl (C=O) groups excluding carboxylic acids is 1. The average Bonchev–Trinajstić information content (AvgIpc) is 3.08. The predicted molar refractivity (Wildman–Crippen MR) is 113 cm³/mol. The Morgan fingerprint density at radius 1 is 1.32 bits per heavy atom. The van der Waals surface area contributed by atoms with Crippen molar-refractivity contribution in [2.75, 3.05) is 5.73 Å². The van der Waals surface area contributed by atoms with E-state index in [-0.39, 0.29) is 5.91 Å². The lowest BCUT2D eigenvalue weighted by Crippen LogP contribution is -2.17. The smallest absolute Gasteiger partial charge is 0.283 e. The minimum atomic E-state index is -0.334. The van der Waals surface area contributed by atoms with Crippen LogP contribution in [-0.2, 0) is 13.0 Å². The van der Waals surface area contributed by atoms with Gasteiger partial charge in [-0.15, -0.1) is 0 Å². The highest BCUT2D eigenvalue weighted by Gasteiger charge is 2.15. The van der Waals surface area contributed by atoms with Gasteiger partial charge in [0.25, 0.3) is 5.91 Å². The van der Waals surface area contributed by atoms with E-state index >= 15 is 0 Å². The molecule has 0 spiro atoms. The molecule has 6 nitrogen and oxygen atoms in total. The monoisotopic (exact) mass is 414 g/mol. The largest absolute Gasteiger partial charge is 0.488 e. The van der Waals surface area contributed by atoms with E-state index in [0.717, 1.165) is 22.5 Å². The number of anilines is 1. The summed E-state index contributed by atoms with van der Waals surface area (Å²) in [6.45, 7) is 2.29. The fourth-order valence-corrected chi connectivity index (χ4v) is 3.53. The number of aromatic nitrogens is 1. The second-order valence-corrected chi connectivity index (χ2v) is 7.30. The van der Waals surface area contributed by atoms with Crippen molar-refractivity contribution in [3.8, 4) is 5.75 Å². The maximum Gasteiger partial charge on any atom is 0.283 e. The Hall–Kier alpha value is -2.90. The predicted octanol–water partition coefficient (Wildman–Crippen LogP) is 4.28. The van der Waals surface area contributed by atoms with Gasteiger partial charge < -0.3 is 10.5 Å². The van der Waals surface area contributed by atoms with Crippen molar-refractivity contribution < 1.29 is 9.53 Å². The molecule has 3 rings (SSSR count). The van der Waals surface area contributed by atoms with Gasteiger partial charge in [-0.3, -0.25) is 4.79 Å². The highest BCUT2D eigenvalue weighted by molar-refractivity contribution is 7.17. The summed E-state index contributed by atoms with van der Waals surface area (Å²) >= 11 is 7.15. The van der Waals surface area contributed by atoms with Gasteiger partial charge in [-0.1, -0.05) is 54.1 Å². The fourth-order valence-electron chi connectivity index (χ4n) is 2.50. The van der Waals surface area contributed by atoms with Crippen LogP contribution in [0.2, 0.25) is 5.02 Å². The first kappa shape index (κ1) is 19.9. The molecule has 28 heavy (non-hydrogen) atoms. The number of para-hydroxylation sites is 1. The molecule has 144 valence electrons. The van der Waals surface area contributed by atoms with Gasteiger partial charge in [0.15, 0.2) is 5.13 Å². The van der Waals surface area contributed by atoms with Gasteiger partial charge in [0.2, 0.25) is 0 Å². The van der Waals surface area contributed by atoms with E-state index in [1.807, 2.05) is 55.5 Å². The number of amides is 1. The van der Waals surface area contributed by atoms with Crippen molar-refractivity contribution in [2.24, 2.45) is 5.10 Å². The number of hydrogen-bond donors (Lipinski definition) is 2. The third kappa shape index (κ3) is 5.09. The molecule has 0 saturated carbocycles. The van der Waals surface area contributed by atoms with Gasteiger partial charge in [0.1, 0.15) is 17.2 Å². The van der Waals surface area contributed by atoms with Crippen LogP contribution >= 0.6 is 22.9 Å². The van der Waals surface area contributed by atoms with E-state index in [0.29, 0.717) is 39.5 Å². The first-order valence-electron chi connectivity index (χ1n) is 8.61. The van der Waals surface area contributed by atoms with E-state index in [2.05, 4.69) is 15.5 Å². The summed E-state index contributed by atoms with van der Waals surface area (Å²) in [6.07, 6.45) is 2.17. The van der Waals surface area contributed by atoms with E-state index in [9.17, 15) is 4.79 Å². The van der Waals surface area contributed by atoms with Crippen LogP contribution in [0.1, 0.15) is 33.4 Å². The van der Waals surface area contributed by atoms with Gasteiger partial charge in [0.05, 0.1) is 11.9 Å². The molecule has 0 aliphatic rings. The number of nitrogens with two attached hydrogens (primary N) is 1. The Balaban J connectivity index is 1.66. The number of halogens is 1. The second-order valence-electron chi connectivity index (χ2n) is 5.84. The zero-order chi connectivity index (χ0) is 19.9. The lowest BCUT2D eigenvalue weighted by atomic mass is 10.2. The molecule has 0 aliphatic heterocycles. The minimum Gasteiger partial charge on any atom is -0.488 e. The molecule has 3 aromatic rings. The number of nitrogens with zero attached hydrogens (tertiary/aromatic N) is 2. The van der Waals surface area contributed by atoms with Gasteiger partial charge in [-0.25, -0.2) is 10.4 Å². The molecule has 0 unspecified atom stereocenters. The molecule has 0 aliphatic carbocycles. The first-order valence-corrected chi connectivity index (χ1v) is 9.81. The van der Waals surface area contributed by atoms with Crippen LogP contribution in [0.4, 0.5) is 5.13 Å². The molecular weight excluding hydrogens is 396 g/mol. The molecular formula is C20H19ClN4O2S. The van der Waals surface area contributed by atoms with Crippen LogP contribution in [0, 0.1) is 0 Å². The highest BCUT2D eigenvalue weighted by Crippen LogP contribution is 2.21. The molecule has 2 aromatic carbocycles. The van der Waals surface area contributed by atoms with E-state index in [1.54, 1.807) is 6.21 Å². The number of carbonyl (C=O) groups is 1. The van der Waals surface area contributed by atoms with Gasteiger partial charge in [-0.05, 0) is 36.2 Å². The van der Waals surface area contributed by atoms with Gasteiger partial charge in [0, 0.05) is 10.6 Å². The quantitative estimate of drug-likeness (QED) is 0.446. The Morgan fingerprint density at radius 2 is 2.14 bits per heavy atom. The summed E-state index contributed by atoms with van der Waals surface area (Å²) in [7, 11) is 0. The maximum atomic E-state index is 12.3. The summed E-state index contributed by atoms with van der Waals surface area (Å²) in [6, 6.07) is 14.9. The van der Waals surface area contributed by atoms with Crippen molar-refractivity contribution in [1.29, 1.82) is 0 Å². The van der Waals surface area contributed by atoms with Crippen LogP contribution < -0.4 is 15.9 Å². The van der Waals surface area contributed by atoms with E-state index in [4.69, 9.17) is 22.1 Å². The van der Waals surface area contributed by atoms with E-state index < -0.39 is 0 Å². The number of hydrazone groups is 1. The van der Waals surface area contributed by atoms with E-state index in [1.165, 1.54) is 0 Å². The zero-order valence-electron chi connectivity index (χ0n) is 15.2. The molecule has 0 saturated heterocycles. The van der Waals surface area contributed by atoms with Crippen LogP contribution in [0.3, 0.4) is 0 Å². The van der Waals surface area contributed by atoms with Crippen molar-refractivity contribution in [3.05, 3.63) is 75.3 Å². The summed E-state index contributed by atoms with van der Waals surface area (Å²) in [5.74, 6) is 0.316. The molecule has 0 fully saturated rings. The van der Waals surface area contributed by atoms with Crippen LogP contribution in [-0.4, -0.2) is 17.1 Å². The SMILES string of the molecule is CCc1nc(N)sc1C(=O)NN=Cc1ccccc1OCc1cccc(Cl)c1. The average molecular weight is 415 g/mol. The molecule has 1 amide bonds. The minimum absolute atomic E-state index is 0.334. The number of benzene rings is 2. The third-order valence-electron chi connectivity index (χ3n) is 3.83. The number of nitrogen functional groups attached to an aromatic ring is 1. The van der Waals surface area contributed by atoms with Crippen molar-refractivity contribution in [1.82, 2.24) is 10.4 Å². The molecule has 1 heterocycles. The van der Waals surface area contributed by atoms with Crippen molar-refractivity contribution in [3.63, 3.8) is 0 Å². The summed E-state index contributed by atoms with van der Waals surface area (Å²) < 4.78 is 5.87. The van der Waals surface area contributed by atoms with Crippen LogP contribution in [0.25, 0.3) is 0 Å². The molecule has 3 N–H and O–H groups in total. The second kappa shape index (κ2) is 9.34. The topological polar surface area (TPSA) is 89.6 Å². The summed E-state index contributed by atoms with van der Waals surface area (Å²) in [5.41, 5.74) is 10.6. The lowest BCUT2D eigenvalue weighted by molar-refractivity contribution is 0.0958. The van der Waals surface area contributed by atoms with Crippen molar-refractivity contribution in [2.45, 2.75) is 20.0 Å². The number of hydrogen-bond acceptors (Lipinski definition) is 6. The third-order valence-corrected chi connectivity index (χ3v) is 4.99. The molecule has 8 heteroatoms. The highest BCUT2D eigenvalue weighted by atomic mass is 35.5. The fraction of sp³-hybridized carbons (Fsp3) is 0.150. The number of nitrogens with one attached hydrogen (secondary N) is 1. The summed E-state index contributed by atoms with van der Waals surface area (Å²) in [5, 5.41) is 5.07. The molecule has 0 radical (unpaired) electrons. The van der Waals surface area contributed by atoms with Crippen LogP contribution in [0.5, 0.6) is 5.75 Å². The first-order chi connectivity index (χ1) is 13.6. The number of thiazole rings is 1. The lowest BCUT2D eigenvalue weighted by Gasteiger charge is -2.09. The number of rotatable bonds is 7. The Kier molecular flexibility index (Phi) is 6.62. The Bertz CT molecular complexity index is 1000. The number of aryl methyl sites for hydroxylation is 1. The molecule has 0 atom stereocenters. The van der Waals surface area contributed by atoms with Gasteiger partial charge in [-0.2, -0.15) is 5.10 Å². The summed E-state index contributed by atoms with van der Waals surface area (Å²) in [4.78, 5) is 16.9.